The molecule has 10 heteroatoms. The van der Waals surface area contributed by atoms with Crippen molar-refractivity contribution < 1.29 is 19.4 Å². The highest BCUT2D eigenvalue weighted by molar-refractivity contribution is 8.15. The molecule has 1 saturated heterocycles. The highest BCUT2D eigenvalue weighted by Crippen LogP contribution is 2.38. The van der Waals surface area contributed by atoms with Crippen molar-refractivity contribution in [1.29, 1.82) is 0 Å². The molecule has 0 aliphatic carbocycles. The summed E-state index contributed by atoms with van der Waals surface area (Å²) in [5.74, 6) is -0.0117. The smallest absolute Gasteiger partial charge is 0.242 e. The summed E-state index contributed by atoms with van der Waals surface area (Å²) in [4.78, 5) is 31.1. The molecule has 0 aromatic heterocycles. The molecule has 30 heavy (non-hydrogen) atoms. The van der Waals surface area contributed by atoms with Crippen LogP contribution in [0.4, 0.5) is 11.4 Å². The minimum absolute atomic E-state index is 0.00212. The number of rotatable bonds is 6. The number of carbonyl (C=O) groups excluding carboxylic acids is 2. The Hall–Kier alpha value is -2.42. The number of hydrogen-bond donors (Lipinski definition) is 2. The van der Waals surface area contributed by atoms with Crippen LogP contribution in [0.3, 0.4) is 0 Å². The third kappa shape index (κ3) is 5.00. The number of aromatic hydroxyl groups is 1. The zero-order chi connectivity index (χ0) is 21.8. The van der Waals surface area contributed by atoms with E-state index in [4.69, 9.17) is 27.9 Å². The molecule has 2 amide bonds. The lowest BCUT2D eigenvalue weighted by atomic mass is 10.2. The number of nitrogens with zero attached hydrogens (tertiary/aromatic N) is 2. The van der Waals surface area contributed by atoms with Crippen molar-refractivity contribution in [3.8, 4) is 11.5 Å². The third-order valence-electron chi connectivity index (χ3n) is 4.31. The Morgan fingerprint density at radius 1 is 1.27 bits per heavy atom. The van der Waals surface area contributed by atoms with Crippen molar-refractivity contribution >= 4 is 63.3 Å². The number of phenols is 1. The quantitative estimate of drug-likeness (QED) is 0.642. The van der Waals surface area contributed by atoms with Gasteiger partial charge in [0.25, 0.3) is 0 Å². The number of amidine groups is 1. The van der Waals surface area contributed by atoms with Crippen LogP contribution in [0.1, 0.15) is 13.3 Å². The van der Waals surface area contributed by atoms with E-state index < -0.39 is 5.25 Å². The summed E-state index contributed by atoms with van der Waals surface area (Å²) in [5, 5.41) is 12.5. The molecule has 0 radical (unpaired) electrons. The molecule has 2 aromatic carbocycles. The van der Waals surface area contributed by atoms with Gasteiger partial charge in [-0.3, -0.25) is 14.5 Å². The van der Waals surface area contributed by atoms with Gasteiger partial charge in [-0.2, -0.15) is 0 Å². The maximum Gasteiger partial charge on any atom is 0.242 e. The fourth-order valence-corrected chi connectivity index (χ4v) is 4.50. The number of hydrogen-bond acceptors (Lipinski definition) is 6. The van der Waals surface area contributed by atoms with Crippen LogP contribution in [-0.2, 0) is 9.59 Å². The molecular formula is C20H19Cl2N3O4S. The fraction of sp³-hybridized carbons (Fsp3) is 0.250. The average Bonchev–Trinajstić information content (AvgIpc) is 3.00. The summed E-state index contributed by atoms with van der Waals surface area (Å²) in [6.07, 6.45) is 0.00212. The molecule has 0 bridgehead atoms. The fourth-order valence-electron chi connectivity index (χ4n) is 2.80. The SMILES string of the molecule is CCN1C(=O)C(CC(=O)Nc2ccc(OC)cc2)SC1=Nc1cc(Cl)c(O)c(Cl)c1. The van der Waals surface area contributed by atoms with Gasteiger partial charge < -0.3 is 15.2 Å². The predicted molar refractivity (Wildman–Crippen MR) is 120 cm³/mol. The second kappa shape index (κ2) is 9.59. The lowest BCUT2D eigenvalue weighted by Crippen LogP contribution is -2.33. The number of benzene rings is 2. The number of ether oxygens (including phenoxy) is 1. The number of anilines is 1. The first-order valence-corrected chi connectivity index (χ1v) is 10.6. The second-order valence-electron chi connectivity index (χ2n) is 6.32. The van der Waals surface area contributed by atoms with E-state index in [9.17, 15) is 14.7 Å². The molecule has 0 spiro atoms. The van der Waals surface area contributed by atoms with Crippen molar-refractivity contribution in [3.05, 3.63) is 46.4 Å². The van der Waals surface area contributed by atoms with E-state index in [1.165, 1.54) is 28.8 Å². The number of nitrogens with one attached hydrogen (secondary N) is 1. The third-order valence-corrected chi connectivity index (χ3v) is 6.06. The van der Waals surface area contributed by atoms with E-state index in [0.29, 0.717) is 28.8 Å². The van der Waals surface area contributed by atoms with Gasteiger partial charge in [0.05, 0.1) is 22.8 Å². The predicted octanol–water partition coefficient (Wildman–Crippen LogP) is 4.69. The summed E-state index contributed by atoms with van der Waals surface area (Å²) < 4.78 is 5.09. The van der Waals surface area contributed by atoms with Crippen LogP contribution in [0.25, 0.3) is 0 Å². The van der Waals surface area contributed by atoms with E-state index in [0.717, 1.165) is 0 Å². The average molecular weight is 468 g/mol. The molecule has 7 nitrogen and oxygen atoms in total. The maximum atomic E-state index is 12.7. The maximum absolute atomic E-state index is 12.7. The first-order chi connectivity index (χ1) is 14.3. The Bertz CT molecular complexity index is 975. The van der Waals surface area contributed by atoms with Gasteiger partial charge in [0.1, 0.15) is 11.0 Å². The topological polar surface area (TPSA) is 91.2 Å². The molecule has 0 saturated carbocycles. The molecule has 1 atom stereocenters. The van der Waals surface area contributed by atoms with Gasteiger partial charge in [-0.25, -0.2) is 4.99 Å². The zero-order valence-corrected chi connectivity index (χ0v) is 18.5. The molecule has 1 fully saturated rings. The molecule has 3 rings (SSSR count). The summed E-state index contributed by atoms with van der Waals surface area (Å²) in [6.45, 7) is 2.23. The summed E-state index contributed by atoms with van der Waals surface area (Å²) in [7, 11) is 1.56. The molecule has 1 unspecified atom stereocenters. The van der Waals surface area contributed by atoms with Crippen molar-refractivity contribution in [1.82, 2.24) is 4.90 Å². The number of thioether (sulfide) groups is 1. The Morgan fingerprint density at radius 2 is 1.90 bits per heavy atom. The van der Waals surface area contributed by atoms with Gasteiger partial charge in [0.15, 0.2) is 10.9 Å². The summed E-state index contributed by atoms with van der Waals surface area (Å²) >= 11 is 13.1. The highest BCUT2D eigenvalue weighted by atomic mass is 35.5. The minimum atomic E-state index is -0.593. The van der Waals surface area contributed by atoms with Gasteiger partial charge in [-0.05, 0) is 43.3 Å². The van der Waals surface area contributed by atoms with E-state index in [-0.39, 0.29) is 34.0 Å². The Kier molecular flexibility index (Phi) is 7.12. The minimum Gasteiger partial charge on any atom is -0.505 e. The van der Waals surface area contributed by atoms with Crippen molar-refractivity contribution in [3.63, 3.8) is 0 Å². The van der Waals surface area contributed by atoms with Crippen LogP contribution in [0.2, 0.25) is 10.0 Å². The second-order valence-corrected chi connectivity index (χ2v) is 8.31. The number of aliphatic imine (C=N–C) groups is 1. The lowest BCUT2D eigenvalue weighted by molar-refractivity contribution is -0.128. The van der Waals surface area contributed by atoms with Gasteiger partial charge in [-0.15, -0.1) is 0 Å². The van der Waals surface area contributed by atoms with Crippen LogP contribution in [0.5, 0.6) is 11.5 Å². The van der Waals surface area contributed by atoms with E-state index in [1.54, 1.807) is 31.4 Å². The number of phenolic OH excluding ortho intramolecular Hbond substituents is 1. The van der Waals surface area contributed by atoms with Gasteiger partial charge in [0.2, 0.25) is 11.8 Å². The van der Waals surface area contributed by atoms with Crippen LogP contribution in [0.15, 0.2) is 41.4 Å². The largest absolute Gasteiger partial charge is 0.505 e. The van der Waals surface area contributed by atoms with E-state index in [1.807, 2.05) is 6.92 Å². The Morgan fingerprint density at radius 3 is 2.47 bits per heavy atom. The standard InChI is InChI=1S/C20H19Cl2N3O4S/c1-3-25-19(28)16(10-17(26)23-11-4-6-13(29-2)7-5-11)30-20(25)24-12-8-14(21)18(27)15(22)9-12/h4-9,16,27H,3,10H2,1-2H3,(H,23,26). The number of methoxy groups -OCH3 is 1. The molecule has 158 valence electrons. The van der Waals surface area contributed by atoms with Gasteiger partial charge in [0, 0.05) is 18.7 Å². The normalized spacial score (nSPS) is 17.5. The molecule has 2 aromatic rings. The molecular weight excluding hydrogens is 449 g/mol. The molecule has 1 aliphatic rings. The summed E-state index contributed by atoms with van der Waals surface area (Å²) in [5.41, 5.74) is 1.02. The van der Waals surface area contributed by atoms with Gasteiger partial charge >= 0.3 is 0 Å². The van der Waals surface area contributed by atoms with E-state index in [2.05, 4.69) is 10.3 Å². The molecule has 1 aliphatic heterocycles. The van der Waals surface area contributed by atoms with Crippen LogP contribution in [0, 0.1) is 0 Å². The van der Waals surface area contributed by atoms with Gasteiger partial charge in [-0.1, -0.05) is 35.0 Å². The Balaban J connectivity index is 1.72. The van der Waals surface area contributed by atoms with Crippen molar-refractivity contribution in [2.75, 3.05) is 19.0 Å². The first kappa shape index (κ1) is 22.3. The highest BCUT2D eigenvalue weighted by Gasteiger charge is 2.38. The molecule has 2 N–H and O–H groups in total. The van der Waals surface area contributed by atoms with Crippen LogP contribution < -0.4 is 10.1 Å². The molecule has 1 heterocycles. The van der Waals surface area contributed by atoms with Crippen molar-refractivity contribution in [2.45, 2.75) is 18.6 Å². The lowest BCUT2D eigenvalue weighted by Gasteiger charge is -2.13. The monoisotopic (exact) mass is 467 g/mol. The van der Waals surface area contributed by atoms with E-state index >= 15 is 0 Å². The number of carbonyl (C=O) groups is 2. The number of halogens is 2. The first-order valence-electron chi connectivity index (χ1n) is 9.01. The number of amides is 2. The van der Waals surface area contributed by atoms with Crippen LogP contribution >= 0.6 is 35.0 Å². The Labute approximate surface area is 188 Å². The summed E-state index contributed by atoms with van der Waals surface area (Å²) in [6, 6.07) is 9.84. The zero-order valence-electron chi connectivity index (χ0n) is 16.2. The van der Waals surface area contributed by atoms with Crippen molar-refractivity contribution in [2.24, 2.45) is 4.99 Å². The van der Waals surface area contributed by atoms with Crippen LogP contribution in [-0.4, -0.2) is 45.9 Å².